The lowest BCUT2D eigenvalue weighted by Gasteiger charge is -2.33. The molecule has 80 valence electrons. The first-order valence-corrected chi connectivity index (χ1v) is 5.04. The average molecular weight is 199 g/mol. The van der Waals surface area contributed by atoms with Gasteiger partial charge in [-0.2, -0.15) is 0 Å². The number of hydrogen-bond donors (Lipinski definition) is 0. The van der Waals surface area contributed by atoms with Gasteiger partial charge in [-0.3, -0.25) is 4.90 Å². The van der Waals surface area contributed by atoms with Crippen molar-refractivity contribution in [2.45, 2.75) is 23.8 Å². The van der Waals surface area contributed by atoms with Crippen molar-refractivity contribution in [1.82, 2.24) is 4.90 Å². The second-order valence-corrected chi connectivity index (χ2v) is 4.38. The van der Waals surface area contributed by atoms with Crippen LogP contribution in [-0.4, -0.2) is 70.9 Å². The van der Waals surface area contributed by atoms with Gasteiger partial charge >= 0.3 is 0 Å². The molecule has 2 saturated heterocycles. The Labute approximate surface area is 85.9 Å². The van der Waals surface area contributed by atoms with Crippen LogP contribution in [0.5, 0.6) is 0 Å². The first kappa shape index (κ1) is 10.4. The van der Waals surface area contributed by atoms with Crippen LogP contribution < -0.4 is 0 Å². The summed E-state index contributed by atoms with van der Waals surface area (Å²) in [4.78, 5) is 2.31. The zero-order chi connectivity index (χ0) is 10.3. The van der Waals surface area contributed by atoms with Gasteiger partial charge in [0.05, 0.1) is 12.6 Å². The van der Waals surface area contributed by atoms with Crippen LogP contribution in [-0.2, 0) is 14.2 Å². The third-order valence-corrected chi connectivity index (χ3v) is 3.40. The predicted molar refractivity (Wildman–Crippen MR) is 55.2 cm³/mol. The summed E-state index contributed by atoms with van der Waals surface area (Å²) >= 11 is 0. The molecule has 1 unspecified atom stereocenters. The summed E-state index contributed by atoms with van der Waals surface area (Å²) in [6.45, 7) is 1.50. The van der Waals surface area contributed by atoms with Crippen molar-refractivity contribution in [3.63, 3.8) is 0 Å². The van der Waals surface area contributed by atoms with Crippen LogP contribution in [0.2, 0.25) is 0 Å². The maximum absolute atomic E-state index is 5.97. The Balaban J connectivity index is 2.23. The van der Waals surface area contributed by atoms with Crippen LogP contribution >= 0.6 is 0 Å². The lowest BCUT2D eigenvalue weighted by atomic mass is 9.90. The standard InChI is InChI=1S/C9H18BNO3/c1-11-4-9(5-12-2)7(13-3)6(11)8(10)14-9/h6-8H,4-5,10H2,1-3H3/t6?,7-,8-,9-/m1/s1. The number of morpholine rings is 1. The van der Waals surface area contributed by atoms with E-state index >= 15 is 0 Å². The van der Waals surface area contributed by atoms with Gasteiger partial charge in [0, 0.05) is 26.8 Å². The molecular weight excluding hydrogens is 181 g/mol. The quantitative estimate of drug-likeness (QED) is 0.528. The Morgan fingerprint density at radius 2 is 2.29 bits per heavy atom. The van der Waals surface area contributed by atoms with Gasteiger partial charge in [-0.25, -0.2) is 0 Å². The zero-order valence-corrected chi connectivity index (χ0v) is 9.32. The highest BCUT2D eigenvalue weighted by molar-refractivity contribution is 6.12. The van der Waals surface area contributed by atoms with E-state index in [9.17, 15) is 0 Å². The van der Waals surface area contributed by atoms with Crippen molar-refractivity contribution in [1.29, 1.82) is 0 Å². The fourth-order valence-electron chi connectivity index (χ4n) is 3.07. The molecule has 5 heteroatoms. The molecule has 0 aromatic carbocycles. The summed E-state index contributed by atoms with van der Waals surface area (Å²) in [5.74, 6) is 0. The van der Waals surface area contributed by atoms with Gasteiger partial charge < -0.3 is 14.2 Å². The molecule has 0 aromatic rings. The molecule has 2 aliphatic rings. The summed E-state index contributed by atoms with van der Waals surface area (Å²) < 4.78 is 16.8. The van der Waals surface area contributed by atoms with Gasteiger partial charge in [0.25, 0.3) is 0 Å². The Hall–Kier alpha value is -0.0951. The minimum atomic E-state index is -0.248. The molecule has 0 amide bonds. The van der Waals surface area contributed by atoms with Crippen LogP contribution in [0, 0.1) is 0 Å². The number of hydrogen-bond acceptors (Lipinski definition) is 4. The molecule has 2 aliphatic heterocycles. The van der Waals surface area contributed by atoms with Crippen molar-refractivity contribution >= 4 is 7.85 Å². The maximum Gasteiger partial charge on any atom is 0.141 e. The van der Waals surface area contributed by atoms with E-state index in [-0.39, 0.29) is 17.7 Å². The van der Waals surface area contributed by atoms with Gasteiger partial charge in [-0.05, 0) is 7.05 Å². The molecule has 0 aliphatic carbocycles. The molecule has 4 atom stereocenters. The Bertz CT molecular complexity index is 214. The maximum atomic E-state index is 5.97. The fraction of sp³-hybridized carbons (Fsp3) is 1.00. The molecule has 14 heavy (non-hydrogen) atoms. The minimum absolute atomic E-state index is 0.141. The van der Waals surface area contributed by atoms with E-state index in [4.69, 9.17) is 14.2 Å². The van der Waals surface area contributed by atoms with Crippen molar-refractivity contribution in [2.24, 2.45) is 0 Å². The number of ether oxygens (including phenoxy) is 3. The number of methoxy groups -OCH3 is 2. The second-order valence-electron chi connectivity index (χ2n) is 4.38. The smallest absolute Gasteiger partial charge is 0.141 e. The van der Waals surface area contributed by atoms with Gasteiger partial charge in [0.1, 0.15) is 19.6 Å². The van der Waals surface area contributed by atoms with E-state index in [2.05, 4.69) is 19.8 Å². The van der Waals surface area contributed by atoms with Crippen LogP contribution in [0.1, 0.15) is 0 Å². The van der Waals surface area contributed by atoms with Crippen LogP contribution in [0.15, 0.2) is 0 Å². The summed E-state index contributed by atoms with van der Waals surface area (Å²) in [6, 6.07) is 0.601. The van der Waals surface area contributed by atoms with Gasteiger partial charge in [0.2, 0.25) is 0 Å². The van der Waals surface area contributed by atoms with E-state index in [1.807, 2.05) is 0 Å². The van der Waals surface area contributed by atoms with E-state index in [0.29, 0.717) is 12.6 Å². The molecule has 0 aromatic heterocycles. The number of nitrogens with zero attached hydrogens (tertiary/aromatic N) is 1. The van der Waals surface area contributed by atoms with Gasteiger partial charge in [0.15, 0.2) is 0 Å². The Morgan fingerprint density at radius 1 is 1.57 bits per heavy atom. The van der Waals surface area contributed by atoms with Crippen molar-refractivity contribution < 1.29 is 14.2 Å². The zero-order valence-electron chi connectivity index (χ0n) is 9.32. The summed E-state index contributed by atoms with van der Waals surface area (Å²) in [5, 5.41) is 0. The predicted octanol–water partition coefficient (Wildman–Crippen LogP) is -1.31. The van der Waals surface area contributed by atoms with E-state index in [1.165, 1.54) is 0 Å². The Morgan fingerprint density at radius 3 is 2.79 bits per heavy atom. The molecule has 0 saturated carbocycles. The molecule has 2 bridgehead atoms. The molecule has 0 radical (unpaired) electrons. The lowest BCUT2D eigenvalue weighted by molar-refractivity contribution is -0.118. The first-order chi connectivity index (χ1) is 6.64. The average Bonchev–Trinajstić information content (AvgIpc) is 2.51. The normalized spacial score (nSPS) is 47.5. The monoisotopic (exact) mass is 199 g/mol. The van der Waals surface area contributed by atoms with E-state index < -0.39 is 0 Å². The molecule has 0 spiro atoms. The van der Waals surface area contributed by atoms with Crippen molar-refractivity contribution in [3.05, 3.63) is 0 Å². The van der Waals surface area contributed by atoms with Crippen LogP contribution in [0.3, 0.4) is 0 Å². The second kappa shape index (κ2) is 3.49. The molecular formula is C9H18BNO3. The summed E-state index contributed by atoms with van der Waals surface area (Å²) in [5.41, 5.74) is -0.248. The fourth-order valence-corrected chi connectivity index (χ4v) is 3.07. The molecule has 2 heterocycles. The molecule has 4 nitrogen and oxygen atoms in total. The third kappa shape index (κ3) is 1.23. The van der Waals surface area contributed by atoms with Gasteiger partial charge in [-0.1, -0.05) is 0 Å². The van der Waals surface area contributed by atoms with Crippen LogP contribution in [0.25, 0.3) is 0 Å². The van der Waals surface area contributed by atoms with Crippen molar-refractivity contribution in [3.8, 4) is 0 Å². The largest absolute Gasteiger partial charge is 0.382 e. The topological polar surface area (TPSA) is 30.9 Å². The molecule has 2 rings (SSSR count). The SMILES string of the molecule is B[C@@H]1O[C@@]2(COC)CN(C)C1[C@H]2OC. The third-order valence-electron chi connectivity index (χ3n) is 3.40. The summed E-state index contributed by atoms with van der Waals surface area (Å²) in [6.07, 6.45) is 0.141. The highest BCUT2D eigenvalue weighted by Gasteiger charge is 2.61. The minimum Gasteiger partial charge on any atom is -0.382 e. The highest BCUT2D eigenvalue weighted by atomic mass is 16.6. The van der Waals surface area contributed by atoms with E-state index in [0.717, 1.165) is 6.54 Å². The Kier molecular flexibility index (Phi) is 2.60. The lowest BCUT2D eigenvalue weighted by Crippen LogP contribution is -2.48. The number of rotatable bonds is 3. The highest BCUT2D eigenvalue weighted by Crippen LogP contribution is 2.41. The first-order valence-electron chi connectivity index (χ1n) is 5.04. The number of fused-ring (bicyclic) bond motifs is 2. The number of likely N-dealkylation sites (tertiary alicyclic amines) is 1. The molecule has 2 fully saturated rings. The number of likely N-dealkylation sites (N-methyl/N-ethyl adjacent to an activating group) is 1. The van der Waals surface area contributed by atoms with E-state index in [1.54, 1.807) is 14.2 Å². The molecule has 0 N–H and O–H groups in total. The summed E-state index contributed by atoms with van der Waals surface area (Å²) in [7, 11) is 7.68. The van der Waals surface area contributed by atoms with Gasteiger partial charge in [-0.15, -0.1) is 0 Å². The van der Waals surface area contributed by atoms with Crippen molar-refractivity contribution in [2.75, 3.05) is 34.4 Å². The van der Waals surface area contributed by atoms with Crippen LogP contribution in [0.4, 0.5) is 0 Å².